The molecule has 0 spiro atoms. The first-order valence-electron chi connectivity index (χ1n) is 6.47. The van der Waals surface area contributed by atoms with Crippen LogP contribution in [0.15, 0.2) is 12.7 Å². The Kier molecular flexibility index (Phi) is 3.58. The first-order chi connectivity index (χ1) is 9.29. The zero-order chi connectivity index (χ0) is 13.2. The van der Waals surface area contributed by atoms with Crippen LogP contribution in [0.1, 0.15) is 32.4 Å². The number of fused-ring (bicyclic) bond motifs is 1. The van der Waals surface area contributed by atoms with Gasteiger partial charge in [-0.3, -0.25) is 4.57 Å². The number of ether oxygens (including phenoxy) is 2. The van der Waals surface area contributed by atoms with Gasteiger partial charge in [0.1, 0.15) is 17.4 Å². The topological polar surface area (TPSA) is 65.0 Å². The van der Waals surface area contributed by atoms with E-state index in [1.807, 2.05) is 11.5 Å². The molecule has 0 amide bonds. The fourth-order valence-corrected chi connectivity index (χ4v) is 2.58. The molecule has 3 rings (SSSR count). The van der Waals surface area contributed by atoms with Crippen molar-refractivity contribution in [2.75, 3.05) is 6.61 Å². The van der Waals surface area contributed by atoms with E-state index in [0.29, 0.717) is 16.8 Å². The van der Waals surface area contributed by atoms with E-state index in [9.17, 15) is 0 Å². The number of imidazole rings is 1. The summed E-state index contributed by atoms with van der Waals surface area (Å²) < 4.78 is 14.0. The maximum absolute atomic E-state index is 5.95. The predicted octanol–water partition coefficient (Wildman–Crippen LogP) is 2.55. The van der Waals surface area contributed by atoms with E-state index in [2.05, 4.69) is 15.0 Å². The van der Waals surface area contributed by atoms with E-state index in [4.69, 9.17) is 21.7 Å². The Morgan fingerprint density at radius 1 is 1.53 bits per heavy atom. The summed E-state index contributed by atoms with van der Waals surface area (Å²) in [6, 6.07) is 0. The maximum Gasteiger partial charge on any atom is 0.160 e. The molecule has 0 aromatic carbocycles. The first kappa shape index (κ1) is 12.7. The van der Waals surface area contributed by atoms with Gasteiger partial charge in [-0.15, -0.1) is 0 Å². The van der Waals surface area contributed by atoms with Crippen LogP contribution in [0, 0.1) is 4.64 Å². The molecule has 1 fully saturated rings. The van der Waals surface area contributed by atoms with Gasteiger partial charge in [0.25, 0.3) is 0 Å². The molecule has 7 heteroatoms. The van der Waals surface area contributed by atoms with E-state index in [0.717, 1.165) is 24.9 Å². The molecule has 6 nitrogen and oxygen atoms in total. The van der Waals surface area contributed by atoms with Gasteiger partial charge in [0.05, 0.1) is 12.7 Å². The van der Waals surface area contributed by atoms with Crippen LogP contribution in [0.2, 0.25) is 0 Å². The molecule has 2 atom stereocenters. The summed E-state index contributed by atoms with van der Waals surface area (Å²) in [5.74, 6) is 0. The van der Waals surface area contributed by atoms with Crippen molar-refractivity contribution in [1.82, 2.24) is 19.5 Å². The Morgan fingerprint density at radius 2 is 2.42 bits per heavy atom. The third-order valence-corrected chi connectivity index (χ3v) is 3.54. The number of hydrogen-bond acceptors (Lipinski definition) is 5. The van der Waals surface area contributed by atoms with Crippen LogP contribution < -0.4 is 0 Å². The summed E-state index contributed by atoms with van der Waals surface area (Å²) in [5, 5.41) is 0. The van der Waals surface area contributed by atoms with E-state index >= 15 is 0 Å². The molecule has 1 aliphatic rings. The highest BCUT2D eigenvalue weighted by Crippen LogP contribution is 2.29. The number of aromatic amines is 1. The monoisotopic (exact) mass is 280 g/mol. The average molecular weight is 280 g/mol. The van der Waals surface area contributed by atoms with E-state index in [-0.39, 0.29) is 12.5 Å². The van der Waals surface area contributed by atoms with Crippen LogP contribution in [-0.2, 0) is 9.47 Å². The minimum absolute atomic E-state index is 0.0663. The smallest absolute Gasteiger partial charge is 0.160 e. The van der Waals surface area contributed by atoms with E-state index in [1.165, 1.54) is 0 Å². The molecular weight excluding hydrogens is 264 g/mol. The molecule has 1 aliphatic heterocycles. The van der Waals surface area contributed by atoms with Gasteiger partial charge in [-0.25, -0.2) is 9.97 Å². The molecule has 102 valence electrons. The van der Waals surface area contributed by atoms with Crippen molar-refractivity contribution in [1.29, 1.82) is 0 Å². The van der Waals surface area contributed by atoms with Crippen LogP contribution in [0.25, 0.3) is 11.2 Å². The van der Waals surface area contributed by atoms with Crippen molar-refractivity contribution in [2.24, 2.45) is 0 Å². The molecule has 3 heterocycles. The summed E-state index contributed by atoms with van der Waals surface area (Å²) in [6.45, 7) is 2.64. The molecule has 1 N–H and O–H groups in total. The molecule has 0 aliphatic carbocycles. The summed E-state index contributed by atoms with van der Waals surface area (Å²) >= 11 is 5.16. The normalized spacial score (nSPS) is 23.8. The SMILES string of the molecule is CCO[C@@H]1CCC[C@H](n2cnc3c(=S)nc[nH]c32)O1. The molecule has 0 unspecified atom stereocenters. The quantitative estimate of drug-likeness (QED) is 0.875. The minimum atomic E-state index is -0.133. The third kappa shape index (κ3) is 2.41. The van der Waals surface area contributed by atoms with Crippen molar-refractivity contribution in [3.63, 3.8) is 0 Å². The number of nitrogens with one attached hydrogen (secondary N) is 1. The summed E-state index contributed by atoms with van der Waals surface area (Å²) in [7, 11) is 0. The van der Waals surface area contributed by atoms with Gasteiger partial charge in [-0.05, 0) is 26.2 Å². The second kappa shape index (κ2) is 5.36. The molecule has 2 aromatic heterocycles. The number of nitrogens with zero attached hydrogens (tertiary/aromatic N) is 3. The fourth-order valence-electron chi connectivity index (χ4n) is 2.38. The van der Waals surface area contributed by atoms with Crippen molar-refractivity contribution in [3.8, 4) is 0 Å². The first-order valence-corrected chi connectivity index (χ1v) is 6.87. The van der Waals surface area contributed by atoms with Gasteiger partial charge < -0.3 is 14.5 Å². The van der Waals surface area contributed by atoms with E-state index < -0.39 is 0 Å². The van der Waals surface area contributed by atoms with Gasteiger partial charge in [-0.1, -0.05) is 12.2 Å². The Balaban J connectivity index is 1.91. The van der Waals surface area contributed by atoms with Gasteiger partial charge in [-0.2, -0.15) is 0 Å². The maximum atomic E-state index is 5.95. The van der Waals surface area contributed by atoms with Gasteiger partial charge in [0.2, 0.25) is 0 Å². The molecule has 1 saturated heterocycles. The molecule has 19 heavy (non-hydrogen) atoms. The lowest BCUT2D eigenvalue weighted by Gasteiger charge is -2.30. The summed E-state index contributed by atoms with van der Waals surface area (Å²) in [5.41, 5.74) is 1.56. The lowest BCUT2D eigenvalue weighted by molar-refractivity contribution is -0.211. The van der Waals surface area contributed by atoms with Gasteiger partial charge >= 0.3 is 0 Å². The van der Waals surface area contributed by atoms with E-state index in [1.54, 1.807) is 12.7 Å². The van der Waals surface area contributed by atoms with Crippen LogP contribution in [-0.4, -0.2) is 32.4 Å². The number of hydrogen-bond donors (Lipinski definition) is 1. The second-order valence-electron chi connectivity index (χ2n) is 4.46. The van der Waals surface area contributed by atoms with Gasteiger partial charge in [0, 0.05) is 6.61 Å². The molecule has 0 bridgehead atoms. The highest BCUT2D eigenvalue weighted by atomic mass is 32.1. The molecule has 2 aromatic rings. The zero-order valence-electron chi connectivity index (χ0n) is 10.7. The number of H-pyrrole nitrogens is 1. The third-order valence-electron chi connectivity index (χ3n) is 3.24. The zero-order valence-corrected chi connectivity index (χ0v) is 11.5. The largest absolute Gasteiger partial charge is 0.353 e. The van der Waals surface area contributed by atoms with Crippen molar-refractivity contribution < 1.29 is 9.47 Å². The van der Waals surface area contributed by atoms with Crippen LogP contribution >= 0.6 is 12.2 Å². The lowest BCUT2D eigenvalue weighted by atomic mass is 10.1. The van der Waals surface area contributed by atoms with Crippen molar-refractivity contribution in [3.05, 3.63) is 17.3 Å². The number of aromatic nitrogens is 4. The van der Waals surface area contributed by atoms with Crippen LogP contribution in [0.5, 0.6) is 0 Å². The predicted molar refractivity (Wildman–Crippen MR) is 72.1 cm³/mol. The molecular formula is C12H16N4O2S. The highest BCUT2D eigenvalue weighted by Gasteiger charge is 2.25. The standard InChI is InChI=1S/C12H16N4O2S/c1-2-17-9-5-3-4-8(18-9)16-7-15-10-11(16)13-6-14-12(10)19/h6-9H,2-5H2,1H3,(H,13,14,19)/t8-,9+/m1/s1. The van der Waals surface area contributed by atoms with Gasteiger partial charge in [0.15, 0.2) is 10.9 Å². The van der Waals surface area contributed by atoms with Crippen molar-refractivity contribution >= 4 is 23.4 Å². The minimum Gasteiger partial charge on any atom is -0.353 e. The summed E-state index contributed by atoms with van der Waals surface area (Å²) in [6.07, 6.45) is 6.09. The number of rotatable bonds is 3. The van der Waals surface area contributed by atoms with Crippen LogP contribution in [0.4, 0.5) is 0 Å². The second-order valence-corrected chi connectivity index (χ2v) is 4.85. The highest BCUT2D eigenvalue weighted by molar-refractivity contribution is 7.71. The molecule has 0 saturated carbocycles. The fraction of sp³-hybridized carbons (Fsp3) is 0.583. The molecule has 0 radical (unpaired) electrons. The van der Waals surface area contributed by atoms with Crippen molar-refractivity contribution in [2.45, 2.75) is 38.7 Å². The Hall–Kier alpha value is -1.31. The average Bonchev–Trinajstić information content (AvgIpc) is 2.85. The Bertz CT molecular complexity index is 621. The van der Waals surface area contributed by atoms with Crippen LogP contribution in [0.3, 0.4) is 0 Å². The summed E-state index contributed by atoms with van der Waals surface area (Å²) in [4.78, 5) is 11.4. The Labute approximate surface area is 115 Å². The lowest BCUT2D eigenvalue weighted by Crippen LogP contribution is -2.28. The Morgan fingerprint density at radius 3 is 3.26 bits per heavy atom.